The minimum atomic E-state index is -0.977. The average molecular weight is 428 g/mol. The Balaban J connectivity index is 1.62. The van der Waals surface area contributed by atoms with Crippen molar-refractivity contribution in [3.8, 4) is 17.6 Å². The Hall–Kier alpha value is -4.57. The van der Waals surface area contributed by atoms with Crippen molar-refractivity contribution in [2.24, 2.45) is 0 Å². The maximum Gasteiger partial charge on any atom is 0.335 e. The first-order valence-electron chi connectivity index (χ1n) is 9.61. The molecule has 3 aromatic carbocycles. The van der Waals surface area contributed by atoms with Gasteiger partial charge in [0.15, 0.2) is 0 Å². The first kappa shape index (κ1) is 22.1. The van der Waals surface area contributed by atoms with E-state index < -0.39 is 11.9 Å². The molecule has 160 valence electrons. The molecule has 0 radical (unpaired) electrons. The van der Waals surface area contributed by atoms with E-state index in [0.717, 1.165) is 5.56 Å². The van der Waals surface area contributed by atoms with E-state index in [0.29, 0.717) is 22.7 Å². The lowest BCUT2D eigenvalue weighted by Gasteiger charge is -2.08. The van der Waals surface area contributed by atoms with Gasteiger partial charge in [-0.1, -0.05) is 30.3 Å². The van der Waals surface area contributed by atoms with Crippen LogP contribution in [-0.2, 0) is 11.4 Å². The van der Waals surface area contributed by atoms with Crippen LogP contribution in [-0.4, -0.2) is 24.1 Å². The van der Waals surface area contributed by atoms with Crippen LogP contribution in [0.15, 0.2) is 78.4 Å². The topological polar surface area (TPSA) is 109 Å². The summed E-state index contributed by atoms with van der Waals surface area (Å²) in [5.74, 6) is -0.302. The number of anilines is 1. The highest BCUT2D eigenvalue weighted by atomic mass is 16.5. The van der Waals surface area contributed by atoms with Crippen molar-refractivity contribution in [2.45, 2.75) is 6.61 Å². The fourth-order valence-corrected chi connectivity index (χ4v) is 2.79. The second-order valence-electron chi connectivity index (χ2n) is 6.72. The number of aromatic carboxylic acids is 1. The van der Waals surface area contributed by atoms with Crippen molar-refractivity contribution in [2.75, 3.05) is 12.4 Å². The van der Waals surface area contributed by atoms with Crippen LogP contribution in [0.3, 0.4) is 0 Å². The van der Waals surface area contributed by atoms with Crippen LogP contribution < -0.4 is 14.8 Å². The number of carboxylic acids is 1. The standard InChI is InChI=1S/C25H20N2O5/c1-31-23-4-2-3-21(14-23)27-24(28)20(15-26)13-17-7-11-22(12-8-17)32-16-18-5-9-19(10-6-18)25(29)30/h2-14H,16H2,1H3,(H,27,28)(H,29,30)/b20-13+. The Kier molecular flexibility index (Phi) is 7.23. The summed E-state index contributed by atoms with van der Waals surface area (Å²) in [4.78, 5) is 23.3. The van der Waals surface area contributed by atoms with Gasteiger partial charge in [-0.25, -0.2) is 4.79 Å². The third-order valence-electron chi connectivity index (χ3n) is 4.49. The van der Waals surface area contributed by atoms with Crippen LogP contribution >= 0.6 is 0 Å². The molecule has 0 heterocycles. The minimum absolute atomic E-state index is 0.0417. The SMILES string of the molecule is COc1cccc(NC(=O)/C(C#N)=C/c2ccc(OCc3ccc(C(=O)O)cc3)cc2)c1. The monoisotopic (exact) mass is 428 g/mol. The molecule has 0 bridgehead atoms. The van der Waals surface area contributed by atoms with E-state index in [9.17, 15) is 14.9 Å². The van der Waals surface area contributed by atoms with E-state index in [1.165, 1.54) is 25.3 Å². The van der Waals surface area contributed by atoms with Gasteiger partial charge in [-0.2, -0.15) is 5.26 Å². The molecule has 2 N–H and O–H groups in total. The smallest absolute Gasteiger partial charge is 0.335 e. The molecule has 0 aliphatic rings. The van der Waals surface area contributed by atoms with Crippen molar-refractivity contribution in [1.29, 1.82) is 5.26 Å². The summed E-state index contributed by atoms with van der Waals surface area (Å²) in [6.45, 7) is 0.279. The van der Waals surface area contributed by atoms with Gasteiger partial charge in [0.2, 0.25) is 0 Å². The maximum absolute atomic E-state index is 12.4. The van der Waals surface area contributed by atoms with E-state index in [2.05, 4.69) is 5.32 Å². The molecular weight excluding hydrogens is 408 g/mol. The summed E-state index contributed by atoms with van der Waals surface area (Å²) in [6.07, 6.45) is 1.49. The number of hydrogen-bond donors (Lipinski definition) is 2. The van der Waals surface area contributed by atoms with Crippen LogP contribution in [0.4, 0.5) is 5.69 Å². The van der Waals surface area contributed by atoms with Crippen LogP contribution in [0.1, 0.15) is 21.5 Å². The van der Waals surface area contributed by atoms with Gasteiger partial charge in [0.05, 0.1) is 12.7 Å². The molecule has 3 aromatic rings. The Labute approximate surface area is 185 Å². The molecular formula is C25H20N2O5. The first-order valence-corrected chi connectivity index (χ1v) is 9.61. The van der Waals surface area contributed by atoms with Crippen molar-refractivity contribution in [1.82, 2.24) is 0 Å². The van der Waals surface area contributed by atoms with E-state index in [4.69, 9.17) is 14.6 Å². The van der Waals surface area contributed by atoms with Crippen LogP contribution in [0.5, 0.6) is 11.5 Å². The van der Waals surface area contributed by atoms with Gasteiger partial charge in [0.1, 0.15) is 29.7 Å². The number of nitrogens with zero attached hydrogens (tertiary/aromatic N) is 1. The zero-order valence-electron chi connectivity index (χ0n) is 17.2. The van der Waals surface area contributed by atoms with Gasteiger partial charge in [-0.15, -0.1) is 0 Å². The maximum atomic E-state index is 12.4. The first-order chi connectivity index (χ1) is 15.5. The summed E-state index contributed by atoms with van der Waals surface area (Å²) in [5, 5.41) is 21.0. The predicted octanol–water partition coefficient (Wildman–Crippen LogP) is 4.52. The Morgan fingerprint density at radius 2 is 1.75 bits per heavy atom. The number of ether oxygens (including phenoxy) is 2. The van der Waals surface area contributed by atoms with Gasteiger partial charge in [0, 0.05) is 11.8 Å². The van der Waals surface area contributed by atoms with Crippen LogP contribution in [0, 0.1) is 11.3 Å². The van der Waals surface area contributed by atoms with Crippen LogP contribution in [0.25, 0.3) is 6.08 Å². The lowest BCUT2D eigenvalue weighted by atomic mass is 10.1. The molecule has 0 unspecified atom stereocenters. The van der Waals surface area contributed by atoms with Crippen LogP contribution in [0.2, 0.25) is 0 Å². The van der Waals surface area contributed by atoms with Crippen molar-refractivity contribution < 1.29 is 24.2 Å². The number of carboxylic acid groups (broad SMARTS) is 1. The molecule has 7 nitrogen and oxygen atoms in total. The summed E-state index contributed by atoms with van der Waals surface area (Å²) < 4.78 is 10.8. The Bertz CT molecular complexity index is 1180. The number of carbonyl (C=O) groups is 2. The fraction of sp³-hybridized carbons (Fsp3) is 0.0800. The molecule has 7 heteroatoms. The lowest BCUT2D eigenvalue weighted by molar-refractivity contribution is -0.112. The molecule has 0 fully saturated rings. The number of methoxy groups -OCH3 is 1. The van der Waals surface area contributed by atoms with Crippen molar-refractivity contribution >= 4 is 23.6 Å². The fourth-order valence-electron chi connectivity index (χ4n) is 2.79. The highest BCUT2D eigenvalue weighted by molar-refractivity contribution is 6.09. The van der Waals surface area contributed by atoms with Gasteiger partial charge in [-0.3, -0.25) is 4.79 Å². The molecule has 1 amide bonds. The van der Waals surface area contributed by atoms with Gasteiger partial charge in [-0.05, 0) is 53.6 Å². The van der Waals surface area contributed by atoms with E-state index >= 15 is 0 Å². The van der Waals surface area contributed by atoms with E-state index in [1.807, 2.05) is 6.07 Å². The van der Waals surface area contributed by atoms with Crippen molar-refractivity contribution in [3.05, 3.63) is 95.1 Å². The summed E-state index contributed by atoms with van der Waals surface area (Å²) in [6, 6.07) is 22.1. The highest BCUT2D eigenvalue weighted by Gasteiger charge is 2.10. The molecule has 32 heavy (non-hydrogen) atoms. The second kappa shape index (κ2) is 10.5. The number of benzene rings is 3. The summed E-state index contributed by atoms with van der Waals surface area (Å²) >= 11 is 0. The molecule has 0 saturated carbocycles. The number of nitrogens with one attached hydrogen (secondary N) is 1. The second-order valence-corrected chi connectivity index (χ2v) is 6.72. The molecule has 3 rings (SSSR count). The molecule has 0 aromatic heterocycles. The minimum Gasteiger partial charge on any atom is -0.497 e. The molecule has 0 aliphatic carbocycles. The highest BCUT2D eigenvalue weighted by Crippen LogP contribution is 2.19. The molecule has 0 atom stereocenters. The quantitative estimate of drug-likeness (QED) is 0.403. The Morgan fingerprint density at radius 1 is 1.03 bits per heavy atom. The molecule has 0 aliphatic heterocycles. The molecule has 0 spiro atoms. The normalized spacial score (nSPS) is 10.7. The number of rotatable bonds is 8. The largest absolute Gasteiger partial charge is 0.497 e. The van der Waals surface area contributed by atoms with Gasteiger partial charge < -0.3 is 19.9 Å². The lowest BCUT2D eigenvalue weighted by Crippen LogP contribution is -2.13. The third kappa shape index (κ3) is 5.97. The Morgan fingerprint density at radius 3 is 2.38 bits per heavy atom. The van der Waals surface area contributed by atoms with Crippen molar-refractivity contribution in [3.63, 3.8) is 0 Å². The van der Waals surface area contributed by atoms with E-state index in [-0.39, 0.29) is 17.7 Å². The van der Waals surface area contributed by atoms with E-state index in [1.54, 1.807) is 60.7 Å². The predicted molar refractivity (Wildman–Crippen MR) is 119 cm³/mol. The number of amides is 1. The zero-order chi connectivity index (χ0) is 22.9. The zero-order valence-corrected chi connectivity index (χ0v) is 17.2. The molecule has 0 saturated heterocycles. The third-order valence-corrected chi connectivity index (χ3v) is 4.49. The average Bonchev–Trinajstić information content (AvgIpc) is 2.82. The number of hydrogen-bond acceptors (Lipinski definition) is 5. The number of nitriles is 1. The summed E-state index contributed by atoms with van der Waals surface area (Å²) in [7, 11) is 1.53. The van der Waals surface area contributed by atoms with Gasteiger partial charge in [0.25, 0.3) is 5.91 Å². The number of carbonyl (C=O) groups excluding carboxylic acids is 1. The summed E-state index contributed by atoms with van der Waals surface area (Å²) in [5.41, 5.74) is 2.20. The van der Waals surface area contributed by atoms with Gasteiger partial charge >= 0.3 is 5.97 Å².